The van der Waals surface area contributed by atoms with Crippen LogP contribution in [0.4, 0.5) is 10.2 Å². The largest absolute Gasteiger partial charge is 0.394 e. The number of aromatic nitrogens is 2. The molecule has 5 heteroatoms. The highest BCUT2D eigenvalue weighted by molar-refractivity contribution is 5.33. The highest BCUT2D eigenvalue weighted by atomic mass is 19.1. The molecule has 0 atom stereocenters. The minimum Gasteiger partial charge on any atom is -0.394 e. The first-order valence-corrected chi connectivity index (χ1v) is 5.40. The number of halogens is 1. The Morgan fingerprint density at radius 1 is 1.24 bits per heavy atom. The van der Waals surface area contributed by atoms with Gasteiger partial charge in [0.1, 0.15) is 11.6 Å². The van der Waals surface area contributed by atoms with E-state index in [0.717, 1.165) is 11.4 Å². The van der Waals surface area contributed by atoms with Gasteiger partial charge in [0.05, 0.1) is 13.2 Å². The summed E-state index contributed by atoms with van der Waals surface area (Å²) in [6, 6.07) is 8.15. The predicted octanol–water partition coefficient (Wildman–Crippen LogP) is 1.63. The molecule has 0 saturated carbocycles. The number of rotatable bonds is 5. The molecule has 2 N–H and O–H groups in total. The summed E-state index contributed by atoms with van der Waals surface area (Å²) in [4.78, 5) is 0. The highest BCUT2D eigenvalue weighted by Gasteiger charge is 1.98. The summed E-state index contributed by atoms with van der Waals surface area (Å²) >= 11 is 0. The van der Waals surface area contributed by atoms with Crippen molar-refractivity contribution in [2.75, 3.05) is 11.9 Å². The molecule has 90 valence electrons. The zero-order chi connectivity index (χ0) is 12.1. The van der Waals surface area contributed by atoms with Gasteiger partial charge in [-0.05, 0) is 17.7 Å². The fourth-order valence-electron chi connectivity index (χ4n) is 1.48. The molecule has 0 fully saturated rings. The van der Waals surface area contributed by atoms with Crippen molar-refractivity contribution in [3.05, 3.63) is 47.9 Å². The van der Waals surface area contributed by atoms with Gasteiger partial charge in [-0.15, -0.1) is 0 Å². The van der Waals surface area contributed by atoms with Gasteiger partial charge < -0.3 is 10.4 Å². The van der Waals surface area contributed by atoms with Gasteiger partial charge in [0, 0.05) is 18.8 Å². The Labute approximate surface area is 98.7 Å². The van der Waals surface area contributed by atoms with Crippen LogP contribution >= 0.6 is 0 Å². The quantitative estimate of drug-likeness (QED) is 0.828. The second-order valence-electron chi connectivity index (χ2n) is 3.67. The van der Waals surface area contributed by atoms with E-state index in [-0.39, 0.29) is 12.4 Å². The van der Waals surface area contributed by atoms with Crippen molar-refractivity contribution in [1.82, 2.24) is 9.78 Å². The van der Waals surface area contributed by atoms with E-state index >= 15 is 0 Å². The molecule has 0 amide bonds. The van der Waals surface area contributed by atoms with E-state index in [1.54, 1.807) is 23.0 Å². The van der Waals surface area contributed by atoms with Gasteiger partial charge in [0.2, 0.25) is 0 Å². The van der Waals surface area contributed by atoms with Crippen LogP contribution in [-0.4, -0.2) is 21.5 Å². The van der Waals surface area contributed by atoms with E-state index in [1.807, 2.05) is 6.07 Å². The molecule has 0 aliphatic carbocycles. The lowest BCUT2D eigenvalue weighted by Gasteiger charge is -2.03. The first-order valence-electron chi connectivity index (χ1n) is 5.40. The van der Waals surface area contributed by atoms with Crippen molar-refractivity contribution in [3.63, 3.8) is 0 Å². The molecule has 0 aliphatic rings. The smallest absolute Gasteiger partial charge is 0.148 e. The first-order chi connectivity index (χ1) is 8.28. The Kier molecular flexibility index (Phi) is 3.72. The predicted molar refractivity (Wildman–Crippen MR) is 63.0 cm³/mol. The van der Waals surface area contributed by atoms with Crippen LogP contribution in [0.15, 0.2) is 36.5 Å². The SMILES string of the molecule is OCCn1ccc(NCc2ccc(F)cc2)n1. The average Bonchev–Trinajstić information content (AvgIpc) is 2.77. The number of hydrogen-bond acceptors (Lipinski definition) is 3. The van der Waals surface area contributed by atoms with Crippen molar-refractivity contribution in [2.45, 2.75) is 13.1 Å². The van der Waals surface area contributed by atoms with Gasteiger partial charge in [-0.3, -0.25) is 4.68 Å². The number of anilines is 1. The molecule has 2 rings (SSSR count). The van der Waals surface area contributed by atoms with Gasteiger partial charge in [-0.2, -0.15) is 5.10 Å². The zero-order valence-electron chi connectivity index (χ0n) is 9.31. The zero-order valence-corrected chi connectivity index (χ0v) is 9.31. The molecule has 0 bridgehead atoms. The molecule has 0 aliphatic heterocycles. The van der Waals surface area contributed by atoms with Crippen molar-refractivity contribution < 1.29 is 9.50 Å². The third-order valence-corrected chi connectivity index (χ3v) is 2.36. The molecular formula is C12H14FN3O. The normalized spacial score (nSPS) is 10.5. The van der Waals surface area contributed by atoms with Crippen LogP contribution in [0, 0.1) is 5.82 Å². The maximum absolute atomic E-state index is 12.7. The van der Waals surface area contributed by atoms with E-state index in [1.165, 1.54) is 12.1 Å². The molecule has 1 heterocycles. The lowest BCUT2D eigenvalue weighted by molar-refractivity contribution is 0.269. The second kappa shape index (κ2) is 5.45. The highest BCUT2D eigenvalue weighted by Crippen LogP contribution is 2.07. The van der Waals surface area contributed by atoms with Gasteiger partial charge in [0.15, 0.2) is 0 Å². The van der Waals surface area contributed by atoms with Gasteiger partial charge >= 0.3 is 0 Å². The fourth-order valence-corrected chi connectivity index (χ4v) is 1.48. The second-order valence-corrected chi connectivity index (χ2v) is 3.67. The summed E-state index contributed by atoms with van der Waals surface area (Å²) in [7, 11) is 0. The molecule has 4 nitrogen and oxygen atoms in total. The van der Waals surface area contributed by atoms with Crippen LogP contribution in [0.5, 0.6) is 0 Å². The van der Waals surface area contributed by atoms with E-state index in [0.29, 0.717) is 13.1 Å². The van der Waals surface area contributed by atoms with Crippen LogP contribution in [0.1, 0.15) is 5.56 Å². The number of aliphatic hydroxyl groups is 1. The van der Waals surface area contributed by atoms with Crippen LogP contribution in [-0.2, 0) is 13.1 Å². The topological polar surface area (TPSA) is 50.1 Å². The number of hydrogen-bond donors (Lipinski definition) is 2. The molecule has 0 saturated heterocycles. The number of aliphatic hydroxyl groups excluding tert-OH is 1. The van der Waals surface area contributed by atoms with Crippen molar-refractivity contribution in [2.24, 2.45) is 0 Å². The first kappa shape index (κ1) is 11.6. The maximum Gasteiger partial charge on any atom is 0.148 e. The van der Waals surface area contributed by atoms with Crippen molar-refractivity contribution in [1.29, 1.82) is 0 Å². The molecule has 1 aromatic carbocycles. The fraction of sp³-hybridized carbons (Fsp3) is 0.250. The average molecular weight is 235 g/mol. The van der Waals surface area contributed by atoms with Crippen LogP contribution < -0.4 is 5.32 Å². The Balaban J connectivity index is 1.90. The summed E-state index contributed by atoms with van der Waals surface area (Å²) in [6.07, 6.45) is 1.79. The Morgan fingerprint density at radius 2 is 2.00 bits per heavy atom. The Bertz CT molecular complexity index is 467. The van der Waals surface area contributed by atoms with E-state index in [2.05, 4.69) is 10.4 Å². The Hall–Kier alpha value is -1.88. The summed E-state index contributed by atoms with van der Waals surface area (Å²) in [6.45, 7) is 1.15. The Morgan fingerprint density at radius 3 is 2.71 bits per heavy atom. The van der Waals surface area contributed by atoms with Gasteiger partial charge in [0.25, 0.3) is 0 Å². The van der Waals surface area contributed by atoms with E-state index in [9.17, 15) is 4.39 Å². The summed E-state index contributed by atoms with van der Waals surface area (Å²) in [5.41, 5.74) is 0.989. The maximum atomic E-state index is 12.7. The molecule has 17 heavy (non-hydrogen) atoms. The van der Waals surface area contributed by atoms with Crippen molar-refractivity contribution in [3.8, 4) is 0 Å². The van der Waals surface area contributed by atoms with Gasteiger partial charge in [-0.1, -0.05) is 12.1 Å². The lowest BCUT2D eigenvalue weighted by atomic mass is 10.2. The molecule has 1 aromatic heterocycles. The summed E-state index contributed by atoms with van der Waals surface area (Å²) < 4.78 is 14.3. The molecule has 0 spiro atoms. The molecular weight excluding hydrogens is 221 g/mol. The van der Waals surface area contributed by atoms with Crippen LogP contribution in [0.3, 0.4) is 0 Å². The van der Waals surface area contributed by atoms with Crippen LogP contribution in [0.2, 0.25) is 0 Å². The summed E-state index contributed by atoms with van der Waals surface area (Å²) in [5.74, 6) is 0.503. The molecule has 2 aromatic rings. The lowest BCUT2D eigenvalue weighted by Crippen LogP contribution is -2.04. The monoisotopic (exact) mass is 235 g/mol. The summed E-state index contributed by atoms with van der Waals surface area (Å²) in [5, 5.41) is 16.1. The van der Waals surface area contributed by atoms with Gasteiger partial charge in [-0.25, -0.2) is 4.39 Å². The molecule has 0 unspecified atom stereocenters. The molecule has 0 radical (unpaired) electrons. The number of benzene rings is 1. The third-order valence-electron chi connectivity index (χ3n) is 2.36. The minimum atomic E-state index is -0.235. The minimum absolute atomic E-state index is 0.0685. The van der Waals surface area contributed by atoms with Crippen LogP contribution in [0.25, 0.3) is 0 Å². The number of nitrogens with one attached hydrogen (secondary N) is 1. The van der Waals surface area contributed by atoms with E-state index in [4.69, 9.17) is 5.11 Å². The number of nitrogens with zero attached hydrogens (tertiary/aromatic N) is 2. The van der Waals surface area contributed by atoms with Crippen molar-refractivity contribution >= 4 is 5.82 Å². The standard InChI is InChI=1S/C12H14FN3O/c13-11-3-1-10(2-4-11)9-14-12-5-6-16(15-12)7-8-17/h1-6,17H,7-9H2,(H,14,15). The third kappa shape index (κ3) is 3.29. The van der Waals surface area contributed by atoms with E-state index < -0.39 is 0 Å².